The van der Waals surface area contributed by atoms with Crippen LogP contribution in [0.25, 0.3) is 6.08 Å². The van der Waals surface area contributed by atoms with Gasteiger partial charge in [-0.15, -0.1) is 0 Å². The van der Waals surface area contributed by atoms with Crippen molar-refractivity contribution in [1.82, 2.24) is 0 Å². The summed E-state index contributed by atoms with van der Waals surface area (Å²) in [5.41, 5.74) is 1.29. The fourth-order valence-corrected chi connectivity index (χ4v) is 2.73. The number of rotatable bonds is 2. The fraction of sp³-hybridized carbons (Fsp3) is 0. The average molecular weight is 312 g/mol. The molecule has 0 atom stereocenters. The van der Waals surface area contributed by atoms with Crippen LogP contribution in [-0.2, 0) is 4.79 Å². The summed E-state index contributed by atoms with van der Waals surface area (Å²) in [5.74, 6) is -0.492. The van der Waals surface area contributed by atoms with Crippen LogP contribution in [0.1, 0.15) is 5.56 Å². The summed E-state index contributed by atoms with van der Waals surface area (Å²) in [5, 5.41) is 22.6. The molecular weight excluding hydrogens is 300 g/mol. The third-order valence-electron chi connectivity index (χ3n) is 2.95. The number of benzene rings is 2. The van der Waals surface area contributed by atoms with Gasteiger partial charge in [0.2, 0.25) is 0 Å². The fourth-order valence-electron chi connectivity index (χ4n) is 1.90. The summed E-state index contributed by atoms with van der Waals surface area (Å²) in [6.45, 7) is 0. The van der Waals surface area contributed by atoms with Crippen LogP contribution in [0.15, 0.2) is 58.4 Å². The second-order valence-electron chi connectivity index (χ2n) is 4.57. The number of nitrogens with zero attached hydrogens (tertiary/aromatic N) is 1. The van der Waals surface area contributed by atoms with E-state index in [1.165, 1.54) is 30.0 Å². The smallest absolute Gasteiger partial charge is 0.286 e. The maximum atomic E-state index is 11.9. The van der Waals surface area contributed by atoms with E-state index in [1.54, 1.807) is 6.08 Å². The van der Waals surface area contributed by atoms with Crippen molar-refractivity contribution in [2.24, 2.45) is 4.99 Å². The highest BCUT2D eigenvalue weighted by Crippen LogP contribution is 2.32. The zero-order valence-electron chi connectivity index (χ0n) is 11.4. The Kier molecular flexibility index (Phi) is 3.84. The first-order valence-electron chi connectivity index (χ1n) is 6.48. The highest BCUT2D eigenvalue weighted by atomic mass is 32.2. The third-order valence-corrected chi connectivity index (χ3v) is 3.85. The molecule has 5 nitrogen and oxygen atoms in total. The molecule has 0 aromatic heterocycles. The Hall–Kier alpha value is -2.73. The van der Waals surface area contributed by atoms with E-state index in [0.717, 1.165) is 5.69 Å². The number of nitrogens with one attached hydrogen (secondary N) is 1. The van der Waals surface area contributed by atoms with Crippen molar-refractivity contribution < 1.29 is 15.0 Å². The number of phenolic OH excluding ortho intramolecular Hbond substituents is 2. The number of aromatic hydroxyl groups is 2. The van der Waals surface area contributed by atoms with Crippen LogP contribution in [0.5, 0.6) is 11.5 Å². The lowest BCUT2D eigenvalue weighted by Crippen LogP contribution is -2.04. The average Bonchev–Trinajstić information content (AvgIpc) is 2.83. The van der Waals surface area contributed by atoms with Crippen molar-refractivity contribution in [3.63, 3.8) is 0 Å². The molecule has 3 N–H and O–H groups in total. The zero-order valence-corrected chi connectivity index (χ0v) is 12.2. The van der Waals surface area contributed by atoms with Gasteiger partial charge in [0, 0.05) is 17.3 Å². The number of phenols is 2. The van der Waals surface area contributed by atoms with Gasteiger partial charge in [-0.05, 0) is 42.1 Å². The second-order valence-corrected chi connectivity index (χ2v) is 5.60. The van der Waals surface area contributed by atoms with Crippen LogP contribution in [-0.4, -0.2) is 21.3 Å². The molecule has 0 saturated carbocycles. The van der Waals surface area contributed by atoms with E-state index >= 15 is 0 Å². The molecule has 110 valence electrons. The molecule has 1 amide bonds. The topological polar surface area (TPSA) is 81.9 Å². The number of carbonyl (C=O) groups is 1. The molecule has 0 bridgehead atoms. The minimum atomic E-state index is -0.365. The van der Waals surface area contributed by atoms with Crippen LogP contribution >= 0.6 is 11.8 Å². The summed E-state index contributed by atoms with van der Waals surface area (Å²) < 4.78 is 0. The molecule has 0 fully saturated rings. The summed E-state index contributed by atoms with van der Waals surface area (Å²) >= 11 is 1.20. The SMILES string of the molecule is O=C1N=C(Nc2ccccc2)SC1=Cc1ccc(O)cc1O. The number of hydrogen-bond acceptors (Lipinski definition) is 5. The molecule has 0 radical (unpaired) electrons. The van der Waals surface area contributed by atoms with E-state index in [1.807, 2.05) is 30.3 Å². The number of carbonyl (C=O) groups excluding carboxylic acids is 1. The van der Waals surface area contributed by atoms with Crippen molar-refractivity contribution in [3.8, 4) is 11.5 Å². The maximum absolute atomic E-state index is 11.9. The van der Waals surface area contributed by atoms with Crippen LogP contribution in [0.2, 0.25) is 0 Å². The van der Waals surface area contributed by atoms with Gasteiger partial charge in [-0.1, -0.05) is 18.2 Å². The Morgan fingerprint density at radius 2 is 1.86 bits per heavy atom. The molecule has 22 heavy (non-hydrogen) atoms. The van der Waals surface area contributed by atoms with Crippen LogP contribution < -0.4 is 5.32 Å². The summed E-state index contributed by atoms with van der Waals surface area (Å²) in [7, 11) is 0. The molecule has 0 saturated heterocycles. The normalized spacial score (nSPS) is 15.9. The van der Waals surface area contributed by atoms with Gasteiger partial charge in [0.1, 0.15) is 11.5 Å². The van der Waals surface area contributed by atoms with Crippen molar-refractivity contribution >= 4 is 34.6 Å². The lowest BCUT2D eigenvalue weighted by atomic mass is 10.2. The van der Waals surface area contributed by atoms with Gasteiger partial charge in [-0.3, -0.25) is 4.79 Å². The zero-order chi connectivity index (χ0) is 15.5. The quantitative estimate of drug-likeness (QED) is 0.742. The number of hydrogen-bond donors (Lipinski definition) is 3. The Morgan fingerprint density at radius 1 is 1.09 bits per heavy atom. The predicted octanol–water partition coefficient (Wildman–Crippen LogP) is 3.18. The molecule has 2 aromatic rings. The number of para-hydroxylation sites is 1. The summed E-state index contributed by atoms with van der Waals surface area (Å²) in [4.78, 5) is 16.3. The van der Waals surface area contributed by atoms with E-state index in [9.17, 15) is 15.0 Å². The Morgan fingerprint density at radius 3 is 2.59 bits per heavy atom. The van der Waals surface area contributed by atoms with Crippen LogP contribution in [0.4, 0.5) is 5.69 Å². The molecular formula is C16H12N2O3S. The first-order valence-corrected chi connectivity index (χ1v) is 7.30. The Bertz CT molecular complexity index is 785. The lowest BCUT2D eigenvalue weighted by molar-refractivity contribution is -0.113. The molecule has 0 spiro atoms. The number of anilines is 1. The van der Waals surface area contributed by atoms with Crippen molar-refractivity contribution in [2.45, 2.75) is 0 Å². The standard InChI is InChI=1S/C16H12N2O3S/c19-12-7-6-10(13(20)9-12)8-14-15(21)18-16(22-14)17-11-4-2-1-3-5-11/h1-9,19-20H,(H,17,18,21). The molecule has 1 aliphatic heterocycles. The van der Waals surface area contributed by atoms with Gasteiger partial charge in [0.05, 0.1) is 4.91 Å². The molecule has 0 aliphatic carbocycles. The molecule has 0 unspecified atom stereocenters. The molecule has 1 heterocycles. The highest BCUT2D eigenvalue weighted by Gasteiger charge is 2.22. The molecule has 6 heteroatoms. The van der Waals surface area contributed by atoms with E-state index < -0.39 is 0 Å². The predicted molar refractivity (Wildman–Crippen MR) is 87.8 cm³/mol. The minimum Gasteiger partial charge on any atom is -0.508 e. The number of amidine groups is 1. The first-order chi connectivity index (χ1) is 10.6. The second kappa shape index (κ2) is 5.95. The largest absolute Gasteiger partial charge is 0.508 e. The van der Waals surface area contributed by atoms with Crippen LogP contribution in [0.3, 0.4) is 0 Å². The maximum Gasteiger partial charge on any atom is 0.286 e. The van der Waals surface area contributed by atoms with Crippen LogP contribution in [0, 0.1) is 0 Å². The first kappa shape index (κ1) is 14.2. The molecule has 3 rings (SSSR count). The van der Waals surface area contributed by atoms with Crippen molar-refractivity contribution in [1.29, 1.82) is 0 Å². The third kappa shape index (κ3) is 3.12. The number of aliphatic imine (C=N–C) groups is 1. The van der Waals surface area contributed by atoms with Gasteiger partial charge < -0.3 is 15.5 Å². The highest BCUT2D eigenvalue weighted by molar-refractivity contribution is 8.18. The van der Waals surface area contributed by atoms with E-state index in [0.29, 0.717) is 15.6 Å². The van der Waals surface area contributed by atoms with E-state index in [-0.39, 0.29) is 17.4 Å². The lowest BCUT2D eigenvalue weighted by Gasteiger charge is -2.03. The number of amides is 1. The van der Waals surface area contributed by atoms with Gasteiger partial charge >= 0.3 is 0 Å². The van der Waals surface area contributed by atoms with Gasteiger partial charge in [0.25, 0.3) is 5.91 Å². The Labute approximate surface area is 131 Å². The van der Waals surface area contributed by atoms with Crippen molar-refractivity contribution in [3.05, 3.63) is 59.0 Å². The summed E-state index contributed by atoms with van der Waals surface area (Å²) in [6.07, 6.45) is 1.55. The van der Waals surface area contributed by atoms with Gasteiger partial charge in [-0.2, -0.15) is 4.99 Å². The van der Waals surface area contributed by atoms with Crippen molar-refractivity contribution in [2.75, 3.05) is 5.32 Å². The van der Waals surface area contributed by atoms with Gasteiger partial charge in [0.15, 0.2) is 5.17 Å². The Balaban J connectivity index is 1.78. The summed E-state index contributed by atoms with van der Waals surface area (Å²) in [6, 6.07) is 13.6. The van der Waals surface area contributed by atoms with E-state index in [2.05, 4.69) is 10.3 Å². The van der Waals surface area contributed by atoms with E-state index in [4.69, 9.17) is 0 Å². The monoisotopic (exact) mass is 312 g/mol. The number of thioether (sulfide) groups is 1. The molecule has 1 aliphatic rings. The van der Waals surface area contributed by atoms with Gasteiger partial charge in [-0.25, -0.2) is 0 Å². The molecule has 2 aromatic carbocycles. The minimum absolute atomic E-state index is 0.0345.